The lowest BCUT2D eigenvalue weighted by molar-refractivity contribution is -0.120. The summed E-state index contributed by atoms with van der Waals surface area (Å²) in [6, 6.07) is 10.0. The van der Waals surface area contributed by atoms with Gasteiger partial charge >= 0.3 is 0 Å². The van der Waals surface area contributed by atoms with Gasteiger partial charge in [0.15, 0.2) is 0 Å². The number of pyridine rings is 1. The lowest BCUT2D eigenvalue weighted by atomic mass is 9.86. The SMILES string of the molecule is NC1CCC(C(=O)Nc2cccc3cccnc23)CC1. The quantitative estimate of drug-likeness (QED) is 0.880. The van der Waals surface area contributed by atoms with Gasteiger partial charge in [-0.25, -0.2) is 0 Å². The molecule has 2 aromatic rings. The summed E-state index contributed by atoms with van der Waals surface area (Å²) in [6.45, 7) is 0. The van der Waals surface area contributed by atoms with Crippen molar-refractivity contribution in [3.05, 3.63) is 36.5 Å². The number of nitrogens with zero attached hydrogens (tertiary/aromatic N) is 1. The van der Waals surface area contributed by atoms with Crippen molar-refractivity contribution in [2.75, 3.05) is 5.32 Å². The summed E-state index contributed by atoms with van der Waals surface area (Å²) in [4.78, 5) is 16.7. The Balaban J connectivity index is 1.77. The fourth-order valence-electron chi connectivity index (χ4n) is 2.82. The lowest BCUT2D eigenvalue weighted by Crippen LogP contribution is -2.32. The van der Waals surface area contributed by atoms with Crippen molar-refractivity contribution >= 4 is 22.5 Å². The zero-order valence-corrected chi connectivity index (χ0v) is 11.4. The number of carbonyl (C=O) groups is 1. The monoisotopic (exact) mass is 269 g/mol. The van der Waals surface area contributed by atoms with E-state index in [2.05, 4.69) is 10.3 Å². The Kier molecular flexibility index (Phi) is 3.65. The van der Waals surface area contributed by atoms with E-state index in [1.54, 1.807) is 6.20 Å². The summed E-state index contributed by atoms with van der Waals surface area (Å²) < 4.78 is 0. The Bertz CT molecular complexity index is 613. The van der Waals surface area contributed by atoms with E-state index >= 15 is 0 Å². The molecule has 3 rings (SSSR count). The second-order valence-corrected chi connectivity index (χ2v) is 5.48. The Morgan fingerprint density at radius 1 is 1.15 bits per heavy atom. The highest BCUT2D eigenvalue weighted by Crippen LogP contribution is 2.26. The van der Waals surface area contributed by atoms with Crippen molar-refractivity contribution in [2.45, 2.75) is 31.7 Å². The normalized spacial score (nSPS) is 22.6. The van der Waals surface area contributed by atoms with Crippen LogP contribution in [0, 0.1) is 5.92 Å². The van der Waals surface area contributed by atoms with E-state index in [4.69, 9.17) is 5.73 Å². The molecule has 1 fully saturated rings. The molecule has 1 saturated carbocycles. The molecule has 0 radical (unpaired) electrons. The number of amides is 1. The van der Waals surface area contributed by atoms with Crippen LogP contribution < -0.4 is 11.1 Å². The van der Waals surface area contributed by atoms with Crippen LogP contribution in [0.3, 0.4) is 0 Å². The minimum atomic E-state index is 0.0776. The van der Waals surface area contributed by atoms with E-state index in [0.29, 0.717) is 0 Å². The molecule has 0 spiro atoms. The molecule has 0 saturated heterocycles. The number of hydrogen-bond donors (Lipinski definition) is 2. The number of benzene rings is 1. The fraction of sp³-hybridized carbons (Fsp3) is 0.375. The summed E-state index contributed by atoms with van der Waals surface area (Å²) in [5, 5.41) is 4.07. The smallest absolute Gasteiger partial charge is 0.227 e. The molecule has 1 aromatic carbocycles. The van der Waals surface area contributed by atoms with Gasteiger partial charge in [-0.15, -0.1) is 0 Å². The molecule has 0 atom stereocenters. The molecule has 4 nitrogen and oxygen atoms in total. The minimum Gasteiger partial charge on any atom is -0.328 e. The van der Waals surface area contributed by atoms with Gasteiger partial charge in [-0.1, -0.05) is 18.2 Å². The average molecular weight is 269 g/mol. The molecular formula is C16H19N3O. The molecule has 1 aliphatic rings. The molecule has 104 valence electrons. The minimum absolute atomic E-state index is 0.0776. The third kappa shape index (κ3) is 2.65. The Morgan fingerprint density at radius 3 is 2.70 bits per heavy atom. The summed E-state index contributed by atoms with van der Waals surface area (Å²) in [7, 11) is 0. The number of carbonyl (C=O) groups excluding carboxylic acids is 1. The number of fused-ring (bicyclic) bond motifs is 1. The number of hydrogen-bond acceptors (Lipinski definition) is 3. The number of aromatic nitrogens is 1. The van der Waals surface area contributed by atoms with Gasteiger partial charge in [0, 0.05) is 23.5 Å². The zero-order chi connectivity index (χ0) is 13.9. The van der Waals surface area contributed by atoms with Crippen LogP contribution in [0.2, 0.25) is 0 Å². The lowest BCUT2D eigenvalue weighted by Gasteiger charge is -2.25. The van der Waals surface area contributed by atoms with Crippen LogP contribution in [0.4, 0.5) is 5.69 Å². The van der Waals surface area contributed by atoms with Crippen LogP contribution in [0.15, 0.2) is 36.5 Å². The van der Waals surface area contributed by atoms with Crippen LogP contribution in [-0.4, -0.2) is 16.9 Å². The average Bonchev–Trinajstić information content (AvgIpc) is 2.48. The van der Waals surface area contributed by atoms with Crippen molar-refractivity contribution in [1.82, 2.24) is 4.98 Å². The van der Waals surface area contributed by atoms with E-state index in [9.17, 15) is 4.79 Å². The summed E-state index contributed by atoms with van der Waals surface area (Å²) >= 11 is 0. The molecule has 1 aliphatic carbocycles. The van der Waals surface area contributed by atoms with E-state index < -0.39 is 0 Å². The van der Waals surface area contributed by atoms with Crippen molar-refractivity contribution < 1.29 is 4.79 Å². The maximum atomic E-state index is 12.3. The van der Waals surface area contributed by atoms with Crippen LogP contribution in [-0.2, 0) is 4.79 Å². The number of para-hydroxylation sites is 1. The standard InChI is InChI=1S/C16H19N3O/c17-13-8-6-12(7-9-13)16(20)19-14-5-1-3-11-4-2-10-18-15(11)14/h1-5,10,12-13H,6-9,17H2,(H,19,20). The number of nitrogens with one attached hydrogen (secondary N) is 1. The maximum absolute atomic E-state index is 12.3. The highest BCUT2D eigenvalue weighted by atomic mass is 16.1. The largest absolute Gasteiger partial charge is 0.328 e. The molecule has 0 aliphatic heterocycles. The highest BCUT2D eigenvalue weighted by Gasteiger charge is 2.24. The first-order valence-corrected chi connectivity index (χ1v) is 7.14. The third-order valence-corrected chi connectivity index (χ3v) is 4.03. The molecule has 4 heteroatoms. The Hall–Kier alpha value is -1.94. The number of rotatable bonds is 2. The van der Waals surface area contributed by atoms with E-state index in [0.717, 1.165) is 42.3 Å². The van der Waals surface area contributed by atoms with Crippen molar-refractivity contribution in [2.24, 2.45) is 11.7 Å². The van der Waals surface area contributed by atoms with Gasteiger partial charge in [0.05, 0.1) is 11.2 Å². The van der Waals surface area contributed by atoms with Gasteiger partial charge in [-0.05, 0) is 37.8 Å². The highest BCUT2D eigenvalue weighted by molar-refractivity contribution is 6.01. The van der Waals surface area contributed by atoms with Crippen LogP contribution in [0.1, 0.15) is 25.7 Å². The van der Waals surface area contributed by atoms with Crippen molar-refractivity contribution in [3.8, 4) is 0 Å². The second-order valence-electron chi connectivity index (χ2n) is 5.48. The van der Waals surface area contributed by atoms with E-state index in [-0.39, 0.29) is 17.9 Å². The maximum Gasteiger partial charge on any atom is 0.227 e. The van der Waals surface area contributed by atoms with E-state index in [1.165, 1.54) is 0 Å². The molecule has 1 aromatic heterocycles. The molecular weight excluding hydrogens is 250 g/mol. The van der Waals surface area contributed by atoms with Gasteiger partial charge in [0.1, 0.15) is 0 Å². The van der Waals surface area contributed by atoms with Crippen LogP contribution >= 0.6 is 0 Å². The first kappa shape index (κ1) is 13.1. The molecule has 0 bridgehead atoms. The Labute approximate surface area is 118 Å². The molecule has 1 amide bonds. The second kappa shape index (κ2) is 5.59. The Morgan fingerprint density at radius 2 is 1.90 bits per heavy atom. The topological polar surface area (TPSA) is 68.0 Å². The van der Waals surface area contributed by atoms with Crippen molar-refractivity contribution in [1.29, 1.82) is 0 Å². The van der Waals surface area contributed by atoms with Gasteiger partial charge < -0.3 is 11.1 Å². The first-order chi connectivity index (χ1) is 9.74. The van der Waals surface area contributed by atoms with Crippen LogP contribution in [0.5, 0.6) is 0 Å². The third-order valence-electron chi connectivity index (χ3n) is 4.03. The van der Waals surface area contributed by atoms with Crippen LogP contribution in [0.25, 0.3) is 10.9 Å². The fourth-order valence-corrected chi connectivity index (χ4v) is 2.82. The zero-order valence-electron chi connectivity index (χ0n) is 11.4. The van der Waals surface area contributed by atoms with Gasteiger partial charge in [-0.2, -0.15) is 0 Å². The molecule has 20 heavy (non-hydrogen) atoms. The predicted octanol–water partition coefficient (Wildman–Crippen LogP) is 2.69. The van der Waals surface area contributed by atoms with E-state index in [1.807, 2.05) is 30.3 Å². The van der Waals surface area contributed by atoms with Gasteiger partial charge in [-0.3, -0.25) is 9.78 Å². The first-order valence-electron chi connectivity index (χ1n) is 7.14. The van der Waals surface area contributed by atoms with Crippen molar-refractivity contribution in [3.63, 3.8) is 0 Å². The number of nitrogens with two attached hydrogens (primary N) is 1. The summed E-state index contributed by atoms with van der Waals surface area (Å²) in [5.41, 5.74) is 7.52. The molecule has 0 unspecified atom stereocenters. The summed E-state index contributed by atoms with van der Waals surface area (Å²) in [6.07, 6.45) is 5.38. The van der Waals surface area contributed by atoms with Gasteiger partial charge in [0.2, 0.25) is 5.91 Å². The van der Waals surface area contributed by atoms with Gasteiger partial charge in [0.25, 0.3) is 0 Å². The molecule has 1 heterocycles. The summed E-state index contributed by atoms with van der Waals surface area (Å²) in [5.74, 6) is 0.170. The molecule has 3 N–H and O–H groups in total. The number of anilines is 1. The predicted molar refractivity (Wildman–Crippen MR) is 80.3 cm³/mol.